The highest BCUT2D eigenvalue weighted by Crippen LogP contribution is 2.09. The van der Waals surface area contributed by atoms with Gasteiger partial charge in [0.15, 0.2) is 0 Å². The quantitative estimate of drug-likeness (QED) is 0.750. The molecule has 0 aromatic carbocycles. The Hall–Kier alpha value is -1.42. The van der Waals surface area contributed by atoms with Gasteiger partial charge in [-0.15, -0.1) is 0 Å². The Morgan fingerprint density at radius 1 is 1.60 bits per heavy atom. The van der Waals surface area contributed by atoms with Crippen LogP contribution in [0.3, 0.4) is 0 Å². The average Bonchev–Trinajstić information content (AvgIpc) is 2.22. The van der Waals surface area contributed by atoms with Crippen LogP contribution >= 0.6 is 0 Å². The first kappa shape index (κ1) is 11.7. The molecular weight excluding hydrogens is 192 g/mol. The predicted molar refractivity (Wildman–Crippen MR) is 58.7 cm³/mol. The average molecular weight is 208 g/mol. The predicted octanol–water partition coefficient (Wildman–Crippen LogP) is 1.76. The van der Waals surface area contributed by atoms with E-state index < -0.39 is 0 Å². The molecule has 0 unspecified atom stereocenters. The number of aryl methyl sites for hydroxylation is 1. The standard InChI is InChI=1S/C11H16N2O2/c1-9-5-3-7-12-11(9)13-10(14)6-4-8-15-2/h3,5,7H,4,6,8H2,1-2H3,(H,12,13,14). The third kappa shape index (κ3) is 4.08. The molecule has 0 atom stereocenters. The molecule has 0 saturated heterocycles. The summed E-state index contributed by atoms with van der Waals surface area (Å²) in [5.74, 6) is 0.619. The van der Waals surface area contributed by atoms with Crippen molar-refractivity contribution in [3.63, 3.8) is 0 Å². The van der Waals surface area contributed by atoms with Crippen LogP contribution in [0.2, 0.25) is 0 Å². The molecule has 0 radical (unpaired) electrons. The van der Waals surface area contributed by atoms with Gasteiger partial charge in [0.1, 0.15) is 5.82 Å². The minimum Gasteiger partial charge on any atom is -0.385 e. The van der Waals surface area contributed by atoms with Gasteiger partial charge < -0.3 is 10.1 Å². The van der Waals surface area contributed by atoms with Crippen molar-refractivity contribution in [1.82, 2.24) is 4.98 Å². The van der Waals surface area contributed by atoms with E-state index in [1.807, 2.05) is 19.1 Å². The zero-order valence-electron chi connectivity index (χ0n) is 9.12. The fourth-order valence-electron chi connectivity index (χ4n) is 1.19. The van der Waals surface area contributed by atoms with Gasteiger partial charge in [-0.2, -0.15) is 0 Å². The van der Waals surface area contributed by atoms with Gasteiger partial charge in [-0.3, -0.25) is 4.79 Å². The van der Waals surface area contributed by atoms with E-state index in [-0.39, 0.29) is 5.91 Å². The first-order valence-electron chi connectivity index (χ1n) is 4.94. The third-order valence-corrected chi connectivity index (χ3v) is 2.02. The van der Waals surface area contributed by atoms with Crippen LogP contribution in [0.1, 0.15) is 18.4 Å². The maximum atomic E-state index is 11.4. The molecule has 1 amide bonds. The number of hydrogen-bond donors (Lipinski definition) is 1. The molecule has 4 nitrogen and oxygen atoms in total. The smallest absolute Gasteiger partial charge is 0.225 e. The highest BCUT2D eigenvalue weighted by atomic mass is 16.5. The van der Waals surface area contributed by atoms with E-state index in [1.165, 1.54) is 0 Å². The molecule has 1 heterocycles. The first-order chi connectivity index (χ1) is 7.24. The molecule has 1 N–H and O–H groups in total. The lowest BCUT2D eigenvalue weighted by molar-refractivity contribution is -0.116. The van der Waals surface area contributed by atoms with Crippen LogP contribution in [0.5, 0.6) is 0 Å². The fraction of sp³-hybridized carbons (Fsp3) is 0.455. The summed E-state index contributed by atoms with van der Waals surface area (Å²) in [6.45, 7) is 2.52. The molecular formula is C11H16N2O2. The number of hydrogen-bond acceptors (Lipinski definition) is 3. The summed E-state index contributed by atoms with van der Waals surface area (Å²) >= 11 is 0. The number of aromatic nitrogens is 1. The van der Waals surface area contributed by atoms with E-state index in [4.69, 9.17) is 4.74 Å². The van der Waals surface area contributed by atoms with Gasteiger partial charge in [-0.05, 0) is 25.0 Å². The van der Waals surface area contributed by atoms with Crippen molar-refractivity contribution in [2.24, 2.45) is 0 Å². The van der Waals surface area contributed by atoms with Crippen molar-refractivity contribution in [1.29, 1.82) is 0 Å². The molecule has 15 heavy (non-hydrogen) atoms. The molecule has 0 fully saturated rings. The Labute approximate surface area is 89.7 Å². The van der Waals surface area contributed by atoms with Crippen molar-refractivity contribution in [2.75, 3.05) is 19.0 Å². The van der Waals surface area contributed by atoms with Gasteiger partial charge in [0, 0.05) is 26.3 Å². The normalized spacial score (nSPS) is 10.0. The number of rotatable bonds is 5. The first-order valence-corrected chi connectivity index (χ1v) is 4.94. The molecule has 1 rings (SSSR count). The fourth-order valence-corrected chi connectivity index (χ4v) is 1.19. The Morgan fingerprint density at radius 2 is 2.40 bits per heavy atom. The number of nitrogens with one attached hydrogen (secondary N) is 1. The van der Waals surface area contributed by atoms with Crippen LogP contribution in [0.4, 0.5) is 5.82 Å². The number of carbonyl (C=O) groups is 1. The van der Waals surface area contributed by atoms with Gasteiger partial charge in [-0.1, -0.05) is 6.07 Å². The maximum Gasteiger partial charge on any atom is 0.225 e. The lowest BCUT2D eigenvalue weighted by atomic mass is 10.2. The van der Waals surface area contributed by atoms with Crippen LogP contribution < -0.4 is 5.32 Å². The number of nitrogens with zero attached hydrogens (tertiary/aromatic N) is 1. The van der Waals surface area contributed by atoms with Crippen LogP contribution in [-0.2, 0) is 9.53 Å². The van der Waals surface area contributed by atoms with Crippen LogP contribution in [0.15, 0.2) is 18.3 Å². The Balaban J connectivity index is 2.41. The van der Waals surface area contributed by atoms with Gasteiger partial charge in [0.05, 0.1) is 0 Å². The SMILES string of the molecule is COCCCC(=O)Nc1ncccc1C. The van der Waals surface area contributed by atoms with E-state index in [1.54, 1.807) is 13.3 Å². The highest BCUT2D eigenvalue weighted by molar-refractivity contribution is 5.90. The summed E-state index contributed by atoms with van der Waals surface area (Å²) in [5, 5.41) is 2.76. The zero-order valence-corrected chi connectivity index (χ0v) is 9.12. The number of methoxy groups -OCH3 is 1. The van der Waals surface area contributed by atoms with Crippen molar-refractivity contribution in [2.45, 2.75) is 19.8 Å². The minimum atomic E-state index is -0.0196. The van der Waals surface area contributed by atoms with Crippen LogP contribution in [0, 0.1) is 6.92 Å². The summed E-state index contributed by atoms with van der Waals surface area (Å²) in [6.07, 6.45) is 2.86. The van der Waals surface area contributed by atoms with E-state index in [0.717, 1.165) is 12.0 Å². The van der Waals surface area contributed by atoms with Crippen molar-refractivity contribution in [3.8, 4) is 0 Å². The summed E-state index contributed by atoms with van der Waals surface area (Å²) in [5.41, 5.74) is 0.970. The maximum absolute atomic E-state index is 11.4. The topological polar surface area (TPSA) is 51.2 Å². The molecule has 0 aliphatic heterocycles. The zero-order chi connectivity index (χ0) is 11.1. The van der Waals surface area contributed by atoms with Crippen molar-refractivity contribution >= 4 is 11.7 Å². The van der Waals surface area contributed by atoms with Gasteiger partial charge >= 0.3 is 0 Å². The second kappa shape index (κ2) is 6.14. The van der Waals surface area contributed by atoms with Crippen LogP contribution in [-0.4, -0.2) is 24.6 Å². The monoisotopic (exact) mass is 208 g/mol. The van der Waals surface area contributed by atoms with Crippen LogP contribution in [0.25, 0.3) is 0 Å². The Morgan fingerprint density at radius 3 is 3.07 bits per heavy atom. The number of amides is 1. The molecule has 0 spiro atoms. The lowest BCUT2D eigenvalue weighted by Gasteiger charge is -2.06. The largest absolute Gasteiger partial charge is 0.385 e. The second-order valence-corrected chi connectivity index (χ2v) is 3.31. The molecule has 0 aliphatic carbocycles. The summed E-state index contributed by atoms with van der Waals surface area (Å²) in [7, 11) is 1.63. The van der Waals surface area contributed by atoms with E-state index in [2.05, 4.69) is 10.3 Å². The van der Waals surface area contributed by atoms with Crippen molar-refractivity contribution in [3.05, 3.63) is 23.9 Å². The summed E-state index contributed by atoms with van der Waals surface area (Å²) in [6, 6.07) is 3.76. The third-order valence-electron chi connectivity index (χ3n) is 2.02. The van der Waals surface area contributed by atoms with Gasteiger partial charge in [0.25, 0.3) is 0 Å². The van der Waals surface area contributed by atoms with E-state index >= 15 is 0 Å². The van der Waals surface area contributed by atoms with E-state index in [0.29, 0.717) is 18.8 Å². The number of pyridine rings is 1. The summed E-state index contributed by atoms with van der Waals surface area (Å²) < 4.78 is 4.87. The highest BCUT2D eigenvalue weighted by Gasteiger charge is 2.04. The van der Waals surface area contributed by atoms with Gasteiger partial charge in [0.2, 0.25) is 5.91 Å². The molecule has 4 heteroatoms. The number of carbonyl (C=O) groups excluding carboxylic acids is 1. The number of ether oxygens (including phenoxy) is 1. The molecule has 82 valence electrons. The van der Waals surface area contributed by atoms with Gasteiger partial charge in [-0.25, -0.2) is 4.98 Å². The Kier molecular flexibility index (Phi) is 4.77. The van der Waals surface area contributed by atoms with Crippen molar-refractivity contribution < 1.29 is 9.53 Å². The summed E-state index contributed by atoms with van der Waals surface area (Å²) in [4.78, 5) is 15.5. The molecule has 1 aromatic heterocycles. The minimum absolute atomic E-state index is 0.0196. The molecule has 0 saturated carbocycles. The molecule has 0 bridgehead atoms. The van der Waals surface area contributed by atoms with E-state index in [9.17, 15) is 4.79 Å². The molecule has 0 aliphatic rings. The number of anilines is 1. The lowest BCUT2D eigenvalue weighted by Crippen LogP contribution is -2.13. The Bertz CT molecular complexity index is 326. The second-order valence-electron chi connectivity index (χ2n) is 3.31. The molecule has 1 aromatic rings.